The minimum atomic E-state index is -0.910. The van der Waals surface area contributed by atoms with Gasteiger partial charge in [0.1, 0.15) is 0 Å². The summed E-state index contributed by atoms with van der Waals surface area (Å²) in [4.78, 5) is 12.1. The second-order valence-corrected chi connectivity index (χ2v) is 6.17. The van der Waals surface area contributed by atoms with Gasteiger partial charge in [-0.05, 0) is 55.7 Å². The molecule has 2 aromatic carbocycles. The fourth-order valence-corrected chi connectivity index (χ4v) is 2.77. The Bertz CT molecular complexity index is 742. The number of hydrogen-bond donors (Lipinski definition) is 2. The number of carbonyl (C=O) groups excluding carboxylic acids is 1. The summed E-state index contributed by atoms with van der Waals surface area (Å²) in [6, 6.07) is 7.07. The Balaban J connectivity index is 1.97. The van der Waals surface area contributed by atoms with E-state index in [0.717, 1.165) is 23.3 Å². The Morgan fingerprint density at radius 1 is 1.17 bits per heavy atom. The molecule has 3 nitrogen and oxygen atoms in total. The van der Waals surface area contributed by atoms with Gasteiger partial charge in [-0.25, -0.2) is 8.78 Å². The molecule has 0 spiro atoms. The van der Waals surface area contributed by atoms with Gasteiger partial charge in [-0.15, -0.1) is 0 Å². The predicted octanol–water partition coefficient (Wildman–Crippen LogP) is 4.52. The molecule has 2 N–H and O–H groups in total. The second-order valence-electron chi connectivity index (χ2n) is 5.76. The molecule has 0 bridgehead atoms. The molecule has 0 unspecified atom stereocenters. The van der Waals surface area contributed by atoms with E-state index < -0.39 is 11.6 Å². The monoisotopic (exact) mass is 352 g/mol. The molecule has 2 aromatic rings. The Morgan fingerprint density at radius 3 is 2.50 bits per heavy atom. The number of halogens is 3. The van der Waals surface area contributed by atoms with Crippen LogP contribution in [0.15, 0.2) is 30.3 Å². The molecule has 128 valence electrons. The van der Waals surface area contributed by atoms with Gasteiger partial charge in [0.25, 0.3) is 0 Å². The molecule has 1 amide bonds. The largest absolute Gasteiger partial charge is 0.323 e. The van der Waals surface area contributed by atoms with Crippen molar-refractivity contribution in [1.29, 1.82) is 0 Å². The Morgan fingerprint density at radius 2 is 1.88 bits per heavy atom. The van der Waals surface area contributed by atoms with E-state index in [4.69, 9.17) is 11.6 Å². The molecule has 0 saturated heterocycles. The maximum atomic E-state index is 13.3. The van der Waals surface area contributed by atoms with Crippen LogP contribution in [0, 0.1) is 25.5 Å². The van der Waals surface area contributed by atoms with Crippen LogP contribution in [0.25, 0.3) is 0 Å². The number of rotatable bonds is 5. The molecule has 2 rings (SSSR count). The van der Waals surface area contributed by atoms with Crippen LogP contribution in [0.5, 0.6) is 0 Å². The molecule has 0 radical (unpaired) electrons. The summed E-state index contributed by atoms with van der Waals surface area (Å²) in [7, 11) is 0. The van der Waals surface area contributed by atoms with Crippen LogP contribution in [-0.4, -0.2) is 12.5 Å². The number of carbonyl (C=O) groups is 1. The standard InChI is InChI=1S/C18H19ClF2N2O/c1-10-6-11(2)18(14(19)7-10)23-17(24)9-22-12(3)13-4-5-15(20)16(21)8-13/h4-8,12,22H,9H2,1-3H3,(H,23,24)/t12-/m1/s1. The zero-order chi connectivity index (χ0) is 17.9. The summed E-state index contributed by atoms with van der Waals surface area (Å²) >= 11 is 6.16. The first kappa shape index (κ1) is 18.4. The fraction of sp³-hybridized carbons (Fsp3) is 0.278. The number of nitrogens with one attached hydrogen (secondary N) is 2. The van der Waals surface area contributed by atoms with Crippen LogP contribution in [0.1, 0.15) is 29.7 Å². The Kier molecular flexibility index (Phi) is 5.91. The van der Waals surface area contributed by atoms with E-state index in [9.17, 15) is 13.6 Å². The molecule has 0 aromatic heterocycles. The molecule has 0 aliphatic rings. The molecule has 0 aliphatic carbocycles. The van der Waals surface area contributed by atoms with Crippen molar-refractivity contribution in [3.63, 3.8) is 0 Å². The van der Waals surface area contributed by atoms with E-state index in [2.05, 4.69) is 10.6 Å². The molecular formula is C18H19ClF2N2O. The highest BCUT2D eigenvalue weighted by atomic mass is 35.5. The van der Waals surface area contributed by atoms with E-state index in [1.54, 1.807) is 13.0 Å². The summed E-state index contributed by atoms with van der Waals surface area (Å²) in [5.74, 6) is -2.07. The lowest BCUT2D eigenvalue weighted by Crippen LogP contribution is -2.30. The molecular weight excluding hydrogens is 334 g/mol. The van der Waals surface area contributed by atoms with Crippen molar-refractivity contribution in [2.75, 3.05) is 11.9 Å². The van der Waals surface area contributed by atoms with Crippen molar-refractivity contribution < 1.29 is 13.6 Å². The van der Waals surface area contributed by atoms with Gasteiger partial charge < -0.3 is 10.6 Å². The number of benzene rings is 2. The van der Waals surface area contributed by atoms with Crippen LogP contribution in [0.2, 0.25) is 5.02 Å². The maximum Gasteiger partial charge on any atom is 0.238 e. The average molecular weight is 353 g/mol. The molecule has 0 heterocycles. The number of anilines is 1. The van der Waals surface area contributed by atoms with Crippen LogP contribution >= 0.6 is 11.6 Å². The molecule has 1 atom stereocenters. The summed E-state index contributed by atoms with van der Waals surface area (Å²) in [5.41, 5.74) is 3.03. The first-order chi connectivity index (χ1) is 11.3. The Labute approximate surface area is 145 Å². The van der Waals surface area contributed by atoms with Gasteiger partial charge >= 0.3 is 0 Å². The van der Waals surface area contributed by atoms with Crippen LogP contribution < -0.4 is 10.6 Å². The highest BCUT2D eigenvalue weighted by Crippen LogP contribution is 2.27. The third kappa shape index (κ3) is 4.52. The first-order valence-electron chi connectivity index (χ1n) is 7.53. The van der Waals surface area contributed by atoms with Gasteiger partial charge in [-0.2, -0.15) is 0 Å². The van der Waals surface area contributed by atoms with Crippen molar-refractivity contribution >= 4 is 23.2 Å². The quantitative estimate of drug-likeness (QED) is 0.830. The highest BCUT2D eigenvalue weighted by Gasteiger charge is 2.13. The fourth-order valence-electron chi connectivity index (χ4n) is 2.40. The number of hydrogen-bond acceptors (Lipinski definition) is 2. The smallest absolute Gasteiger partial charge is 0.238 e. The number of aryl methyl sites for hydroxylation is 2. The highest BCUT2D eigenvalue weighted by molar-refractivity contribution is 6.34. The Hall–Kier alpha value is -1.98. The van der Waals surface area contributed by atoms with Crippen molar-refractivity contribution in [2.24, 2.45) is 0 Å². The molecule has 0 fully saturated rings. The van der Waals surface area contributed by atoms with Gasteiger partial charge in [0, 0.05) is 6.04 Å². The SMILES string of the molecule is Cc1cc(C)c(NC(=O)CN[C@H](C)c2ccc(F)c(F)c2)c(Cl)c1. The lowest BCUT2D eigenvalue weighted by atomic mass is 10.1. The third-order valence-corrected chi connectivity index (χ3v) is 4.01. The van der Waals surface area contributed by atoms with E-state index in [-0.39, 0.29) is 18.5 Å². The summed E-state index contributed by atoms with van der Waals surface area (Å²) in [6.45, 7) is 5.58. The third-order valence-electron chi connectivity index (χ3n) is 3.71. The van der Waals surface area contributed by atoms with Crippen LogP contribution in [-0.2, 0) is 4.79 Å². The van der Waals surface area contributed by atoms with Crippen molar-refractivity contribution in [1.82, 2.24) is 5.32 Å². The van der Waals surface area contributed by atoms with Crippen molar-refractivity contribution in [3.05, 3.63) is 63.7 Å². The van der Waals surface area contributed by atoms with E-state index >= 15 is 0 Å². The van der Waals surface area contributed by atoms with Gasteiger partial charge in [0.15, 0.2) is 11.6 Å². The maximum absolute atomic E-state index is 13.3. The normalized spacial score (nSPS) is 12.1. The lowest BCUT2D eigenvalue weighted by Gasteiger charge is -2.16. The van der Waals surface area contributed by atoms with Gasteiger partial charge in [-0.1, -0.05) is 23.7 Å². The van der Waals surface area contributed by atoms with E-state index in [0.29, 0.717) is 16.3 Å². The lowest BCUT2D eigenvalue weighted by molar-refractivity contribution is -0.115. The summed E-state index contributed by atoms with van der Waals surface area (Å²) in [6.07, 6.45) is 0. The van der Waals surface area contributed by atoms with Crippen LogP contribution in [0.3, 0.4) is 0 Å². The molecule has 0 aliphatic heterocycles. The molecule has 6 heteroatoms. The zero-order valence-electron chi connectivity index (χ0n) is 13.7. The van der Waals surface area contributed by atoms with Crippen LogP contribution in [0.4, 0.5) is 14.5 Å². The second kappa shape index (κ2) is 7.73. The van der Waals surface area contributed by atoms with E-state index in [1.807, 2.05) is 19.9 Å². The summed E-state index contributed by atoms with van der Waals surface area (Å²) in [5, 5.41) is 6.22. The minimum Gasteiger partial charge on any atom is -0.323 e. The number of amides is 1. The predicted molar refractivity (Wildman–Crippen MR) is 92.3 cm³/mol. The molecule has 0 saturated carbocycles. The summed E-state index contributed by atoms with van der Waals surface area (Å²) < 4.78 is 26.2. The average Bonchev–Trinajstić information content (AvgIpc) is 2.51. The first-order valence-corrected chi connectivity index (χ1v) is 7.90. The van der Waals surface area contributed by atoms with Crippen molar-refractivity contribution in [2.45, 2.75) is 26.8 Å². The van der Waals surface area contributed by atoms with Gasteiger partial charge in [0.2, 0.25) is 5.91 Å². The van der Waals surface area contributed by atoms with Gasteiger partial charge in [0.05, 0.1) is 17.3 Å². The van der Waals surface area contributed by atoms with E-state index in [1.165, 1.54) is 6.07 Å². The minimum absolute atomic E-state index is 0.0177. The van der Waals surface area contributed by atoms with Crippen molar-refractivity contribution in [3.8, 4) is 0 Å². The molecule has 24 heavy (non-hydrogen) atoms. The zero-order valence-corrected chi connectivity index (χ0v) is 14.5. The van der Waals surface area contributed by atoms with Gasteiger partial charge in [-0.3, -0.25) is 4.79 Å². The topological polar surface area (TPSA) is 41.1 Å².